The van der Waals surface area contributed by atoms with E-state index in [2.05, 4.69) is 19.2 Å². The van der Waals surface area contributed by atoms with Crippen molar-refractivity contribution in [1.29, 1.82) is 0 Å². The normalized spacial score (nSPS) is 18.4. The lowest BCUT2D eigenvalue weighted by Gasteiger charge is -2.30. The molecular formula is C16H30N2O3. The molecule has 21 heavy (non-hydrogen) atoms. The summed E-state index contributed by atoms with van der Waals surface area (Å²) >= 11 is 0. The summed E-state index contributed by atoms with van der Waals surface area (Å²) in [7, 11) is 0. The van der Waals surface area contributed by atoms with E-state index in [-0.39, 0.29) is 17.9 Å². The highest BCUT2D eigenvalue weighted by atomic mass is 16.4. The van der Waals surface area contributed by atoms with E-state index in [1.807, 2.05) is 13.8 Å². The number of amides is 1. The molecule has 0 heterocycles. The van der Waals surface area contributed by atoms with Crippen LogP contribution in [-0.2, 0) is 9.59 Å². The van der Waals surface area contributed by atoms with E-state index in [0.717, 1.165) is 18.8 Å². The number of rotatable bonds is 9. The van der Waals surface area contributed by atoms with Crippen LogP contribution in [0.4, 0.5) is 0 Å². The lowest BCUT2D eigenvalue weighted by molar-refractivity contribution is -0.139. The number of hydrogen-bond donors (Lipinski definition) is 3. The van der Waals surface area contributed by atoms with Crippen LogP contribution in [0.1, 0.15) is 59.8 Å². The minimum Gasteiger partial charge on any atom is -0.481 e. The second kappa shape index (κ2) is 7.25. The fourth-order valence-electron chi connectivity index (χ4n) is 2.93. The number of carboxylic acids is 1. The Kier molecular flexibility index (Phi) is 6.20. The molecule has 1 unspecified atom stereocenters. The third kappa shape index (κ3) is 6.46. The van der Waals surface area contributed by atoms with E-state index in [1.165, 1.54) is 12.8 Å². The van der Waals surface area contributed by atoms with Gasteiger partial charge in [0, 0.05) is 5.54 Å². The predicted molar refractivity (Wildman–Crippen MR) is 82.7 cm³/mol. The second-order valence-corrected chi connectivity index (χ2v) is 7.36. The van der Waals surface area contributed by atoms with Gasteiger partial charge in [-0.2, -0.15) is 0 Å². The first kappa shape index (κ1) is 18.0. The zero-order chi connectivity index (χ0) is 16.2. The Labute approximate surface area is 127 Å². The van der Waals surface area contributed by atoms with Gasteiger partial charge in [-0.15, -0.1) is 0 Å². The molecule has 122 valence electrons. The van der Waals surface area contributed by atoms with E-state index < -0.39 is 12.0 Å². The molecule has 1 rings (SSSR count). The number of aliphatic carboxylic acids is 1. The highest BCUT2D eigenvalue weighted by molar-refractivity contribution is 5.86. The summed E-state index contributed by atoms with van der Waals surface area (Å²) in [5, 5.41) is 11.6. The molecule has 1 aliphatic rings. The largest absolute Gasteiger partial charge is 0.481 e. The molecule has 4 N–H and O–H groups in total. The van der Waals surface area contributed by atoms with Crippen LogP contribution in [0.25, 0.3) is 0 Å². The quantitative estimate of drug-likeness (QED) is 0.608. The van der Waals surface area contributed by atoms with Crippen molar-refractivity contribution in [2.24, 2.45) is 23.5 Å². The molecule has 0 saturated heterocycles. The minimum absolute atomic E-state index is 0.335. The maximum Gasteiger partial charge on any atom is 0.305 e. The van der Waals surface area contributed by atoms with Gasteiger partial charge in [0.2, 0.25) is 5.91 Å². The third-order valence-electron chi connectivity index (χ3n) is 4.38. The van der Waals surface area contributed by atoms with Crippen molar-refractivity contribution < 1.29 is 14.7 Å². The van der Waals surface area contributed by atoms with E-state index in [4.69, 9.17) is 10.8 Å². The summed E-state index contributed by atoms with van der Waals surface area (Å²) in [5.74, 6) is 0.803. The lowest BCUT2D eigenvalue weighted by atomic mass is 9.83. The summed E-state index contributed by atoms with van der Waals surface area (Å²) in [6.07, 6.45) is 4.30. The van der Waals surface area contributed by atoms with Gasteiger partial charge in [-0.25, -0.2) is 0 Å². The highest BCUT2D eigenvalue weighted by Crippen LogP contribution is 2.43. The van der Waals surface area contributed by atoms with Gasteiger partial charge in [-0.1, -0.05) is 13.8 Å². The molecule has 0 radical (unpaired) electrons. The highest BCUT2D eigenvalue weighted by Gasteiger charge is 2.34. The first-order chi connectivity index (χ1) is 9.62. The Bertz CT molecular complexity index is 374. The molecule has 0 aromatic rings. The summed E-state index contributed by atoms with van der Waals surface area (Å²) < 4.78 is 0. The molecule has 0 aromatic carbocycles. The van der Waals surface area contributed by atoms with E-state index in [9.17, 15) is 9.59 Å². The van der Waals surface area contributed by atoms with Gasteiger partial charge < -0.3 is 16.2 Å². The van der Waals surface area contributed by atoms with Crippen molar-refractivity contribution in [3.8, 4) is 0 Å². The van der Waals surface area contributed by atoms with Gasteiger partial charge in [0.1, 0.15) is 0 Å². The Morgan fingerprint density at radius 3 is 2.33 bits per heavy atom. The fraction of sp³-hybridized carbons (Fsp3) is 0.875. The number of carbonyl (C=O) groups excluding carboxylic acids is 1. The minimum atomic E-state index is -1.05. The SMILES string of the molecule is CC(C)C(CCC(C)(C)NC(=O)[C@@H](N)CC(=O)O)C1CC1. The average molecular weight is 298 g/mol. The Morgan fingerprint density at radius 1 is 1.33 bits per heavy atom. The molecule has 1 fully saturated rings. The van der Waals surface area contributed by atoms with Crippen LogP contribution in [0.15, 0.2) is 0 Å². The van der Waals surface area contributed by atoms with Crippen molar-refractivity contribution in [3.63, 3.8) is 0 Å². The summed E-state index contributed by atoms with van der Waals surface area (Å²) in [4.78, 5) is 22.5. The zero-order valence-electron chi connectivity index (χ0n) is 13.7. The van der Waals surface area contributed by atoms with Gasteiger partial charge in [0.25, 0.3) is 0 Å². The van der Waals surface area contributed by atoms with E-state index in [1.54, 1.807) is 0 Å². The Hall–Kier alpha value is -1.10. The molecule has 0 spiro atoms. The maximum atomic E-state index is 11.9. The fourth-order valence-corrected chi connectivity index (χ4v) is 2.93. The zero-order valence-corrected chi connectivity index (χ0v) is 13.7. The number of hydrogen-bond acceptors (Lipinski definition) is 3. The topological polar surface area (TPSA) is 92.4 Å². The molecule has 0 aromatic heterocycles. The monoisotopic (exact) mass is 298 g/mol. The lowest BCUT2D eigenvalue weighted by Crippen LogP contribution is -2.51. The van der Waals surface area contributed by atoms with Crippen molar-refractivity contribution in [2.75, 3.05) is 0 Å². The number of nitrogens with one attached hydrogen (secondary N) is 1. The van der Waals surface area contributed by atoms with Crippen molar-refractivity contribution in [2.45, 2.75) is 71.4 Å². The molecule has 1 saturated carbocycles. The van der Waals surface area contributed by atoms with Crippen LogP contribution in [0.2, 0.25) is 0 Å². The first-order valence-corrected chi connectivity index (χ1v) is 7.92. The molecule has 0 aliphatic heterocycles. The number of carboxylic acid groups (broad SMARTS) is 1. The maximum absolute atomic E-state index is 11.9. The van der Waals surface area contributed by atoms with Crippen LogP contribution >= 0.6 is 0 Å². The molecular weight excluding hydrogens is 268 g/mol. The van der Waals surface area contributed by atoms with Gasteiger partial charge >= 0.3 is 5.97 Å². The standard InChI is InChI=1S/C16H30N2O3/c1-10(2)12(11-5-6-11)7-8-16(3,4)18-15(21)13(17)9-14(19)20/h10-13H,5-9,17H2,1-4H3,(H,18,21)(H,19,20)/t12?,13-/m0/s1. The molecule has 2 atom stereocenters. The first-order valence-electron chi connectivity index (χ1n) is 7.92. The number of carbonyl (C=O) groups is 2. The van der Waals surface area contributed by atoms with Crippen molar-refractivity contribution in [3.05, 3.63) is 0 Å². The molecule has 1 amide bonds. The van der Waals surface area contributed by atoms with Gasteiger partial charge in [-0.3, -0.25) is 9.59 Å². The van der Waals surface area contributed by atoms with Crippen molar-refractivity contribution in [1.82, 2.24) is 5.32 Å². The molecule has 1 aliphatic carbocycles. The molecule has 0 bridgehead atoms. The van der Waals surface area contributed by atoms with Crippen LogP contribution in [0.5, 0.6) is 0 Å². The van der Waals surface area contributed by atoms with E-state index >= 15 is 0 Å². The second-order valence-electron chi connectivity index (χ2n) is 7.36. The molecule has 5 heteroatoms. The summed E-state index contributed by atoms with van der Waals surface area (Å²) in [6, 6.07) is -0.980. The third-order valence-corrected chi connectivity index (χ3v) is 4.38. The smallest absolute Gasteiger partial charge is 0.305 e. The van der Waals surface area contributed by atoms with Gasteiger partial charge in [0.05, 0.1) is 12.5 Å². The molecule has 5 nitrogen and oxygen atoms in total. The Morgan fingerprint density at radius 2 is 1.90 bits per heavy atom. The summed E-state index contributed by atoms with van der Waals surface area (Å²) in [5.41, 5.74) is 5.24. The summed E-state index contributed by atoms with van der Waals surface area (Å²) in [6.45, 7) is 8.47. The van der Waals surface area contributed by atoms with Gasteiger partial charge in [0.15, 0.2) is 0 Å². The van der Waals surface area contributed by atoms with Crippen molar-refractivity contribution >= 4 is 11.9 Å². The van der Waals surface area contributed by atoms with Crippen LogP contribution < -0.4 is 11.1 Å². The van der Waals surface area contributed by atoms with E-state index in [0.29, 0.717) is 11.8 Å². The number of nitrogens with two attached hydrogens (primary N) is 1. The Balaban J connectivity index is 2.44. The van der Waals surface area contributed by atoms with Crippen LogP contribution in [-0.4, -0.2) is 28.6 Å². The average Bonchev–Trinajstić information content (AvgIpc) is 3.11. The van der Waals surface area contributed by atoms with Gasteiger partial charge in [-0.05, 0) is 57.3 Å². The van der Waals surface area contributed by atoms with Crippen LogP contribution in [0, 0.1) is 17.8 Å². The van der Waals surface area contributed by atoms with Crippen LogP contribution in [0.3, 0.4) is 0 Å². The predicted octanol–water partition coefficient (Wildman–Crippen LogP) is 2.15.